The van der Waals surface area contributed by atoms with Crippen LogP contribution in [-0.2, 0) is 5.41 Å². The number of hydrogen-bond acceptors (Lipinski definition) is 2. The van der Waals surface area contributed by atoms with Gasteiger partial charge < -0.3 is 11.5 Å². The SMILES string of the molecule is CCCCCC1CCC(c2ccc(C(CCCCC)c3ccc(N)cc3C)cc2)(c2ccc(C(CCCCC)c3ccc(N)cc3C)cc2)CC1. The molecule has 2 nitrogen and oxygen atoms in total. The first-order valence-corrected chi connectivity index (χ1v) is 20.7. The van der Waals surface area contributed by atoms with Crippen molar-refractivity contribution in [1.82, 2.24) is 0 Å². The predicted octanol–water partition coefficient (Wildman–Crippen LogP) is 13.9. The van der Waals surface area contributed by atoms with Gasteiger partial charge in [0.15, 0.2) is 0 Å². The van der Waals surface area contributed by atoms with Crippen LogP contribution in [0.1, 0.15) is 180 Å². The van der Waals surface area contributed by atoms with Crippen LogP contribution in [0.5, 0.6) is 0 Å². The van der Waals surface area contributed by atoms with E-state index >= 15 is 0 Å². The lowest BCUT2D eigenvalue weighted by molar-refractivity contribution is 0.250. The number of rotatable bonds is 18. The van der Waals surface area contributed by atoms with E-state index in [1.165, 1.54) is 147 Å². The molecule has 1 aliphatic carbocycles. The van der Waals surface area contributed by atoms with Crippen LogP contribution in [-0.4, -0.2) is 0 Å². The molecule has 1 aliphatic rings. The minimum absolute atomic E-state index is 0.0575. The summed E-state index contributed by atoms with van der Waals surface area (Å²) < 4.78 is 0. The minimum Gasteiger partial charge on any atom is -0.399 e. The van der Waals surface area contributed by atoms with Gasteiger partial charge in [-0.15, -0.1) is 0 Å². The van der Waals surface area contributed by atoms with Crippen LogP contribution < -0.4 is 11.5 Å². The average Bonchev–Trinajstić information content (AvgIpc) is 3.14. The molecule has 2 heteroatoms. The highest BCUT2D eigenvalue weighted by molar-refractivity contribution is 5.51. The molecule has 274 valence electrons. The van der Waals surface area contributed by atoms with Gasteiger partial charge in [0, 0.05) is 28.6 Å². The number of aryl methyl sites for hydroxylation is 2. The molecule has 0 radical (unpaired) electrons. The Morgan fingerprint density at radius 1 is 0.549 bits per heavy atom. The predicted molar refractivity (Wildman–Crippen MR) is 223 cm³/mol. The van der Waals surface area contributed by atoms with Crippen molar-refractivity contribution in [3.8, 4) is 0 Å². The zero-order chi connectivity index (χ0) is 36.2. The Morgan fingerprint density at radius 2 is 0.961 bits per heavy atom. The maximum absolute atomic E-state index is 6.19. The average molecular weight is 685 g/mol. The second-order valence-corrected chi connectivity index (χ2v) is 16.1. The standard InChI is InChI=1S/C49H68N2/c1-6-9-12-15-38-30-32-49(33-31-38,41-22-18-39(19-23-41)47(16-13-10-7-2)45-28-26-43(50)34-36(45)4)42-24-20-40(21-25-42)48(17-14-11-8-3)46-29-27-44(51)35-37(46)5/h18-29,34-35,38,47-48H,6-17,30-33,50-51H2,1-5H3. The Morgan fingerprint density at radius 3 is 1.35 bits per heavy atom. The molecule has 2 unspecified atom stereocenters. The molecule has 0 amide bonds. The van der Waals surface area contributed by atoms with Gasteiger partial charge in [0.25, 0.3) is 0 Å². The Bertz CT molecular complexity index is 1510. The Labute approximate surface area is 311 Å². The topological polar surface area (TPSA) is 52.0 Å². The number of unbranched alkanes of at least 4 members (excludes halogenated alkanes) is 6. The highest BCUT2D eigenvalue weighted by Crippen LogP contribution is 2.48. The summed E-state index contributed by atoms with van der Waals surface area (Å²) in [4.78, 5) is 0. The highest BCUT2D eigenvalue weighted by Gasteiger charge is 2.38. The summed E-state index contributed by atoms with van der Waals surface area (Å²) in [6.07, 6.45) is 20.4. The van der Waals surface area contributed by atoms with E-state index in [2.05, 4.69) is 120 Å². The third-order valence-corrected chi connectivity index (χ3v) is 12.4. The van der Waals surface area contributed by atoms with Crippen LogP contribution in [0, 0.1) is 19.8 Å². The molecule has 2 atom stereocenters. The van der Waals surface area contributed by atoms with Gasteiger partial charge in [-0.3, -0.25) is 0 Å². The van der Waals surface area contributed by atoms with Gasteiger partial charge in [0.2, 0.25) is 0 Å². The molecule has 0 heterocycles. The van der Waals surface area contributed by atoms with Crippen LogP contribution >= 0.6 is 0 Å². The summed E-state index contributed by atoms with van der Waals surface area (Å²) >= 11 is 0. The van der Waals surface area contributed by atoms with Crippen molar-refractivity contribution in [3.05, 3.63) is 129 Å². The van der Waals surface area contributed by atoms with Crippen molar-refractivity contribution in [1.29, 1.82) is 0 Å². The third kappa shape index (κ3) is 9.68. The summed E-state index contributed by atoms with van der Waals surface area (Å²) in [6.45, 7) is 11.4. The van der Waals surface area contributed by atoms with Gasteiger partial charge in [-0.05, 0) is 127 Å². The molecular formula is C49H68N2. The van der Waals surface area contributed by atoms with Crippen molar-refractivity contribution in [2.45, 2.75) is 155 Å². The summed E-state index contributed by atoms with van der Waals surface area (Å²) in [6, 6.07) is 32.9. The van der Waals surface area contributed by atoms with E-state index in [4.69, 9.17) is 11.5 Å². The molecule has 4 N–H and O–H groups in total. The zero-order valence-electron chi connectivity index (χ0n) is 32.8. The first-order valence-electron chi connectivity index (χ1n) is 20.7. The van der Waals surface area contributed by atoms with Gasteiger partial charge in [-0.1, -0.05) is 146 Å². The largest absolute Gasteiger partial charge is 0.399 e. The Balaban J connectivity index is 1.49. The van der Waals surface area contributed by atoms with Crippen LogP contribution in [0.25, 0.3) is 0 Å². The normalized spacial score (nSPS) is 18.8. The highest BCUT2D eigenvalue weighted by atomic mass is 14.5. The van der Waals surface area contributed by atoms with E-state index in [9.17, 15) is 0 Å². The van der Waals surface area contributed by atoms with Gasteiger partial charge in [-0.2, -0.15) is 0 Å². The van der Waals surface area contributed by atoms with Crippen LogP contribution in [0.4, 0.5) is 11.4 Å². The second kappa shape index (κ2) is 18.8. The first kappa shape index (κ1) is 38.7. The molecule has 0 aromatic heterocycles. The fourth-order valence-corrected chi connectivity index (χ4v) is 9.34. The first-order chi connectivity index (χ1) is 24.8. The quantitative estimate of drug-likeness (QED) is 0.0809. The minimum atomic E-state index is 0.0575. The summed E-state index contributed by atoms with van der Waals surface area (Å²) in [5.74, 6) is 1.66. The Kier molecular flexibility index (Phi) is 14.3. The van der Waals surface area contributed by atoms with Crippen LogP contribution in [0.3, 0.4) is 0 Å². The van der Waals surface area contributed by atoms with E-state index in [-0.39, 0.29) is 5.41 Å². The number of nitrogens with two attached hydrogens (primary N) is 2. The Hall–Kier alpha value is -3.52. The molecule has 4 aromatic rings. The molecule has 0 saturated heterocycles. The molecule has 51 heavy (non-hydrogen) atoms. The number of anilines is 2. The molecule has 1 fully saturated rings. The maximum atomic E-state index is 6.19. The molecule has 0 aliphatic heterocycles. The second-order valence-electron chi connectivity index (χ2n) is 16.1. The van der Waals surface area contributed by atoms with Crippen LogP contribution in [0.2, 0.25) is 0 Å². The molecule has 4 aromatic carbocycles. The third-order valence-electron chi connectivity index (χ3n) is 12.4. The van der Waals surface area contributed by atoms with Crippen molar-refractivity contribution < 1.29 is 0 Å². The number of hydrogen-bond donors (Lipinski definition) is 2. The van der Waals surface area contributed by atoms with E-state index in [0.29, 0.717) is 11.8 Å². The molecular weight excluding hydrogens is 617 g/mol. The fourth-order valence-electron chi connectivity index (χ4n) is 9.34. The summed E-state index contributed by atoms with van der Waals surface area (Å²) in [7, 11) is 0. The lowest BCUT2D eigenvalue weighted by Gasteiger charge is -2.42. The lowest BCUT2D eigenvalue weighted by atomic mass is 9.62. The van der Waals surface area contributed by atoms with Crippen molar-refractivity contribution in [2.24, 2.45) is 5.92 Å². The van der Waals surface area contributed by atoms with Gasteiger partial charge in [0.1, 0.15) is 0 Å². The molecule has 5 rings (SSSR count). The number of benzene rings is 4. The molecule has 0 bridgehead atoms. The van der Waals surface area contributed by atoms with E-state index in [1.807, 2.05) is 0 Å². The fraction of sp³-hybridized carbons (Fsp3) is 0.510. The summed E-state index contributed by atoms with van der Waals surface area (Å²) in [5.41, 5.74) is 25.5. The molecule has 1 saturated carbocycles. The molecule has 0 spiro atoms. The van der Waals surface area contributed by atoms with E-state index < -0.39 is 0 Å². The van der Waals surface area contributed by atoms with E-state index in [0.717, 1.165) is 17.3 Å². The van der Waals surface area contributed by atoms with Crippen molar-refractivity contribution in [2.75, 3.05) is 11.5 Å². The van der Waals surface area contributed by atoms with E-state index in [1.54, 1.807) is 0 Å². The zero-order valence-corrected chi connectivity index (χ0v) is 32.8. The van der Waals surface area contributed by atoms with Crippen molar-refractivity contribution >= 4 is 11.4 Å². The van der Waals surface area contributed by atoms with Crippen LogP contribution in [0.15, 0.2) is 84.9 Å². The van der Waals surface area contributed by atoms with Gasteiger partial charge in [-0.25, -0.2) is 0 Å². The van der Waals surface area contributed by atoms with Gasteiger partial charge >= 0.3 is 0 Å². The monoisotopic (exact) mass is 685 g/mol. The summed E-state index contributed by atoms with van der Waals surface area (Å²) in [5, 5.41) is 0. The number of nitrogen functional groups attached to an aromatic ring is 2. The van der Waals surface area contributed by atoms with Gasteiger partial charge in [0.05, 0.1) is 0 Å². The van der Waals surface area contributed by atoms with Crippen molar-refractivity contribution in [3.63, 3.8) is 0 Å². The smallest absolute Gasteiger partial charge is 0.0316 e. The lowest BCUT2D eigenvalue weighted by Crippen LogP contribution is -2.33. The maximum Gasteiger partial charge on any atom is 0.0316 e.